The van der Waals surface area contributed by atoms with Crippen molar-refractivity contribution in [2.45, 2.75) is 32.4 Å². The van der Waals surface area contributed by atoms with E-state index in [1.807, 2.05) is 6.07 Å². The number of hydrogen-bond donors (Lipinski definition) is 2. The van der Waals surface area contributed by atoms with Gasteiger partial charge in [-0.05, 0) is 26.3 Å². The minimum atomic E-state index is -0.895. The summed E-state index contributed by atoms with van der Waals surface area (Å²) in [6, 6.07) is 8.06. The Balaban J connectivity index is 2.82. The Morgan fingerprint density at radius 1 is 1.32 bits per heavy atom. The van der Waals surface area contributed by atoms with Gasteiger partial charge in [0, 0.05) is 8.42 Å². The molecule has 0 aliphatic rings. The highest BCUT2D eigenvalue weighted by atomic mass is 16.6. The van der Waals surface area contributed by atoms with E-state index in [9.17, 15) is 9.59 Å². The summed E-state index contributed by atoms with van der Waals surface area (Å²) in [5.74, 6) is -0.336. The summed E-state index contributed by atoms with van der Waals surface area (Å²) in [4.78, 5) is 23.7. The van der Waals surface area contributed by atoms with E-state index in [-0.39, 0.29) is 12.8 Å². The normalized spacial score (nSPS) is 13.1. The summed E-state index contributed by atoms with van der Waals surface area (Å²) in [7, 11) is 1.50. The molecule has 0 aliphatic carbocycles. The van der Waals surface area contributed by atoms with Gasteiger partial charge in [-0.2, -0.15) is 0 Å². The molecule has 5 nitrogen and oxygen atoms in total. The number of carbonyl (C=O) groups is 2. The van der Waals surface area contributed by atoms with Crippen molar-refractivity contribution >= 4 is 12.0 Å². The summed E-state index contributed by atoms with van der Waals surface area (Å²) in [5, 5.41) is 5.02. The number of benzene rings is 1. The Hall–Kier alpha value is -2.04. The number of ether oxygens (including phenoxy) is 1. The van der Waals surface area contributed by atoms with E-state index >= 15 is 0 Å². The van der Waals surface area contributed by atoms with E-state index in [0.29, 0.717) is 5.56 Å². The van der Waals surface area contributed by atoms with Crippen LogP contribution < -0.4 is 10.6 Å². The number of amides is 2. The van der Waals surface area contributed by atoms with Crippen molar-refractivity contribution in [2.75, 3.05) is 7.05 Å². The molecule has 0 saturated heterocycles. The number of hydrogen-bond acceptors (Lipinski definition) is 3. The van der Waals surface area contributed by atoms with Crippen LogP contribution in [0.1, 0.15) is 33.7 Å². The zero-order chi connectivity index (χ0) is 15.2. The van der Waals surface area contributed by atoms with E-state index in [0.717, 1.165) is 0 Å². The highest BCUT2D eigenvalue weighted by molar-refractivity contribution is 5.86. The van der Waals surface area contributed by atoms with Gasteiger partial charge < -0.3 is 15.4 Å². The predicted octanol–water partition coefficient (Wildman–Crippen LogP) is 2.00. The van der Waals surface area contributed by atoms with Crippen molar-refractivity contribution in [3.8, 4) is 0 Å². The molecule has 1 rings (SSSR count). The SMILES string of the molecule is [2H]CC(C)(C)OC(=O)NC(C(=O)NC)c1ccccc1. The average Bonchev–Trinajstić information content (AvgIpc) is 2.44. The molecule has 1 aromatic rings. The van der Waals surface area contributed by atoms with Gasteiger partial charge >= 0.3 is 6.09 Å². The number of carbonyl (C=O) groups excluding carboxylic acids is 2. The molecule has 2 N–H and O–H groups in total. The molecule has 104 valence electrons. The molecule has 1 atom stereocenters. The lowest BCUT2D eigenvalue weighted by Gasteiger charge is -2.23. The third-order valence-corrected chi connectivity index (χ3v) is 2.27. The maximum absolute atomic E-state index is 11.9. The van der Waals surface area contributed by atoms with Crippen LogP contribution in [-0.4, -0.2) is 24.6 Å². The van der Waals surface area contributed by atoms with Crippen molar-refractivity contribution in [3.05, 3.63) is 35.9 Å². The number of likely N-dealkylation sites (N-methyl/N-ethyl adjacent to an activating group) is 1. The first-order valence-corrected chi connectivity index (χ1v) is 5.95. The molecule has 0 bridgehead atoms. The summed E-state index contributed by atoms with van der Waals surface area (Å²) in [5.41, 5.74) is -0.235. The van der Waals surface area contributed by atoms with Crippen LogP contribution in [0.25, 0.3) is 0 Å². The Kier molecular flexibility index (Phi) is 4.39. The molecular weight excluding hydrogens is 244 g/mol. The van der Waals surface area contributed by atoms with Crippen LogP contribution in [0.15, 0.2) is 30.3 Å². The molecule has 2 amide bonds. The second-order valence-electron chi connectivity index (χ2n) is 4.75. The molecule has 1 unspecified atom stereocenters. The van der Waals surface area contributed by atoms with Crippen LogP contribution in [0.2, 0.25) is 0 Å². The summed E-state index contributed by atoms with van der Waals surface area (Å²) in [6.45, 7) is 3.21. The van der Waals surface area contributed by atoms with Crippen molar-refractivity contribution in [3.63, 3.8) is 0 Å². The monoisotopic (exact) mass is 265 g/mol. The second kappa shape index (κ2) is 6.22. The fourth-order valence-corrected chi connectivity index (χ4v) is 1.49. The zero-order valence-electron chi connectivity index (χ0n) is 12.4. The van der Waals surface area contributed by atoms with E-state index in [4.69, 9.17) is 6.11 Å². The van der Waals surface area contributed by atoms with Crippen molar-refractivity contribution in [1.82, 2.24) is 10.6 Å². The molecule has 0 aliphatic heterocycles. The van der Waals surface area contributed by atoms with Gasteiger partial charge in [-0.1, -0.05) is 30.3 Å². The van der Waals surface area contributed by atoms with Crippen LogP contribution in [-0.2, 0) is 9.53 Å². The smallest absolute Gasteiger partial charge is 0.408 e. The largest absolute Gasteiger partial charge is 0.444 e. The van der Waals surface area contributed by atoms with Gasteiger partial charge in [-0.15, -0.1) is 0 Å². The summed E-state index contributed by atoms with van der Waals surface area (Å²) < 4.78 is 12.4. The zero-order valence-corrected chi connectivity index (χ0v) is 11.4. The topological polar surface area (TPSA) is 67.4 Å². The Labute approximate surface area is 114 Å². The first-order chi connectivity index (χ1) is 9.39. The fraction of sp³-hybridized carbons (Fsp3) is 0.429. The van der Waals surface area contributed by atoms with E-state index in [2.05, 4.69) is 10.6 Å². The summed E-state index contributed by atoms with van der Waals surface area (Å²) in [6.07, 6.45) is -0.722. The van der Waals surface area contributed by atoms with Gasteiger partial charge in [0.2, 0.25) is 5.91 Å². The predicted molar refractivity (Wildman–Crippen MR) is 72.6 cm³/mol. The van der Waals surface area contributed by atoms with Gasteiger partial charge in [-0.25, -0.2) is 4.79 Å². The highest BCUT2D eigenvalue weighted by Gasteiger charge is 2.24. The number of rotatable bonds is 3. The molecule has 0 heterocycles. The van der Waals surface area contributed by atoms with Crippen LogP contribution in [0.3, 0.4) is 0 Å². The van der Waals surface area contributed by atoms with E-state index in [1.165, 1.54) is 7.05 Å². The molecule has 0 aromatic heterocycles. The maximum Gasteiger partial charge on any atom is 0.408 e. The molecule has 0 fully saturated rings. The first kappa shape index (κ1) is 13.4. The van der Waals surface area contributed by atoms with Crippen LogP contribution in [0.4, 0.5) is 4.79 Å². The average molecular weight is 265 g/mol. The minimum absolute atomic E-state index is 0.0591. The maximum atomic E-state index is 11.9. The molecule has 0 saturated carbocycles. The third kappa shape index (κ3) is 4.99. The molecule has 19 heavy (non-hydrogen) atoms. The lowest BCUT2D eigenvalue weighted by molar-refractivity contribution is -0.122. The minimum Gasteiger partial charge on any atom is -0.444 e. The molecule has 0 spiro atoms. The van der Waals surface area contributed by atoms with Crippen LogP contribution in [0, 0.1) is 0 Å². The Morgan fingerprint density at radius 2 is 1.95 bits per heavy atom. The van der Waals surface area contributed by atoms with Gasteiger partial charge in [0.15, 0.2) is 0 Å². The van der Waals surface area contributed by atoms with Gasteiger partial charge in [-0.3, -0.25) is 4.79 Å². The Bertz CT molecular complexity index is 463. The molecule has 1 aromatic carbocycles. The lowest BCUT2D eigenvalue weighted by atomic mass is 10.1. The van der Waals surface area contributed by atoms with Crippen LogP contribution >= 0.6 is 0 Å². The Morgan fingerprint density at radius 3 is 2.47 bits per heavy atom. The standard InChI is InChI=1S/C14H20N2O3/c1-14(2,3)19-13(18)16-11(12(17)15-4)10-8-6-5-7-9-10/h5-9,11H,1-4H3,(H,15,17)(H,16,18)/i1D. The van der Waals surface area contributed by atoms with Gasteiger partial charge in [0.05, 0.1) is 0 Å². The second-order valence-corrected chi connectivity index (χ2v) is 4.75. The molecular formula is C14H20N2O3. The van der Waals surface area contributed by atoms with Crippen molar-refractivity contribution in [1.29, 1.82) is 0 Å². The van der Waals surface area contributed by atoms with Crippen LogP contribution in [0.5, 0.6) is 0 Å². The number of nitrogens with one attached hydrogen (secondary N) is 2. The summed E-state index contributed by atoms with van der Waals surface area (Å²) >= 11 is 0. The van der Waals surface area contributed by atoms with Crippen molar-refractivity contribution < 1.29 is 15.7 Å². The highest BCUT2D eigenvalue weighted by Crippen LogP contribution is 2.14. The van der Waals surface area contributed by atoms with Gasteiger partial charge in [0.1, 0.15) is 11.6 Å². The third-order valence-electron chi connectivity index (χ3n) is 2.27. The fourth-order valence-electron chi connectivity index (χ4n) is 1.49. The lowest BCUT2D eigenvalue weighted by Crippen LogP contribution is -2.41. The quantitative estimate of drug-likeness (QED) is 0.878. The van der Waals surface area contributed by atoms with E-state index < -0.39 is 17.7 Å². The van der Waals surface area contributed by atoms with Gasteiger partial charge in [0.25, 0.3) is 0 Å². The molecule has 5 heteroatoms. The van der Waals surface area contributed by atoms with Crippen molar-refractivity contribution in [2.24, 2.45) is 0 Å². The number of alkyl carbamates (subject to hydrolysis) is 1. The van der Waals surface area contributed by atoms with E-state index in [1.54, 1.807) is 38.1 Å². The first-order valence-electron chi connectivity index (χ1n) is 6.65. The molecule has 0 radical (unpaired) electrons.